The van der Waals surface area contributed by atoms with E-state index in [1.54, 1.807) is 0 Å². The highest BCUT2D eigenvalue weighted by atomic mass is 32.1. The Morgan fingerprint density at radius 2 is 1.74 bits per heavy atom. The van der Waals surface area contributed by atoms with Gasteiger partial charge >= 0.3 is 18.1 Å². The molecule has 3 rings (SSSR count). The van der Waals surface area contributed by atoms with Crippen LogP contribution in [0.25, 0.3) is 5.65 Å². The van der Waals surface area contributed by atoms with Crippen LogP contribution in [0.2, 0.25) is 0 Å². The van der Waals surface area contributed by atoms with Crippen LogP contribution >= 0.6 is 11.3 Å². The van der Waals surface area contributed by atoms with E-state index in [1.165, 1.54) is 13.8 Å². The number of ether oxygens (including phenoxy) is 2. The van der Waals surface area contributed by atoms with Gasteiger partial charge in [-0.3, -0.25) is 9.20 Å². The predicted molar refractivity (Wildman–Crippen MR) is 105 cm³/mol. The summed E-state index contributed by atoms with van der Waals surface area (Å²) in [4.78, 5) is 41.4. The number of halogens is 3. The lowest BCUT2D eigenvalue weighted by atomic mass is 10.1. The third-order valence-corrected chi connectivity index (χ3v) is 5.66. The smallest absolute Gasteiger partial charge is 0.417 e. The van der Waals surface area contributed by atoms with Crippen molar-refractivity contribution in [2.75, 3.05) is 19.5 Å². The summed E-state index contributed by atoms with van der Waals surface area (Å²) in [5.74, 6) is -2.32. The molecule has 3 aromatic heterocycles. The number of alkyl halides is 3. The van der Waals surface area contributed by atoms with Crippen molar-refractivity contribution >= 4 is 39.8 Å². The van der Waals surface area contributed by atoms with Gasteiger partial charge in [-0.1, -0.05) is 0 Å². The summed E-state index contributed by atoms with van der Waals surface area (Å²) >= 11 is 0.790. The van der Waals surface area contributed by atoms with E-state index >= 15 is 0 Å². The number of methoxy groups -OCH3 is 2. The zero-order chi connectivity index (χ0) is 23.1. The molecule has 31 heavy (non-hydrogen) atoms. The number of hydrogen-bond donors (Lipinski definition) is 1. The van der Waals surface area contributed by atoms with Crippen LogP contribution in [0.1, 0.15) is 47.3 Å². The average molecular weight is 455 g/mol. The minimum atomic E-state index is -4.61. The van der Waals surface area contributed by atoms with Gasteiger partial charge in [0.2, 0.25) is 0 Å². The Bertz CT molecular complexity index is 1210. The van der Waals surface area contributed by atoms with Crippen LogP contribution in [-0.2, 0) is 15.7 Å². The highest BCUT2D eigenvalue weighted by molar-refractivity contribution is 7.18. The quantitative estimate of drug-likeness (QED) is 0.600. The van der Waals surface area contributed by atoms with Gasteiger partial charge in [0.1, 0.15) is 21.2 Å². The van der Waals surface area contributed by atoms with Crippen molar-refractivity contribution in [2.45, 2.75) is 20.0 Å². The molecular formula is C19H16F3N3O5S. The second kappa shape index (κ2) is 8.02. The number of imidazole rings is 1. The number of fused-ring (bicyclic) bond motifs is 1. The Hall–Kier alpha value is -3.41. The molecule has 8 nitrogen and oxygen atoms in total. The van der Waals surface area contributed by atoms with Gasteiger partial charge in [-0.15, -0.1) is 11.3 Å². The van der Waals surface area contributed by atoms with Crippen molar-refractivity contribution in [1.82, 2.24) is 9.38 Å². The summed E-state index contributed by atoms with van der Waals surface area (Å²) in [5, 5.41) is 2.48. The molecule has 1 N–H and O–H groups in total. The number of carbonyl (C=O) groups is 3. The Morgan fingerprint density at radius 1 is 1.10 bits per heavy atom. The lowest BCUT2D eigenvalue weighted by molar-refractivity contribution is -0.137. The van der Waals surface area contributed by atoms with Gasteiger partial charge in [0.15, 0.2) is 0 Å². The molecule has 0 atom stereocenters. The zero-order valence-electron chi connectivity index (χ0n) is 16.7. The third kappa shape index (κ3) is 3.98. The number of rotatable bonds is 4. The number of aryl methyl sites for hydroxylation is 1. The number of nitrogens with zero attached hydrogens (tertiary/aromatic N) is 2. The Balaban J connectivity index is 2.09. The summed E-state index contributed by atoms with van der Waals surface area (Å²) in [6.07, 6.45) is -3.84. The van der Waals surface area contributed by atoms with Crippen molar-refractivity contribution in [3.8, 4) is 0 Å². The van der Waals surface area contributed by atoms with E-state index in [2.05, 4.69) is 15.0 Å². The topological polar surface area (TPSA) is 99.0 Å². The summed E-state index contributed by atoms with van der Waals surface area (Å²) < 4.78 is 49.8. The highest BCUT2D eigenvalue weighted by Crippen LogP contribution is 2.35. The predicted octanol–water partition coefficient (Wildman–Crippen LogP) is 3.86. The largest absolute Gasteiger partial charge is 0.465 e. The van der Waals surface area contributed by atoms with Gasteiger partial charge in [-0.25, -0.2) is 14.6 Å². The van der Waals surface area contributed by atoms with E-state index < -0.39 is 29.6 Å². The first-order valence-corrected chi connectivity index (χ1v) is 9.48. The van der Waals surface area contributed by atoms with Gasteiger partial charge in [0.05, 0.1) is 31.0 Å². The second-order valence-electron chi connectivity index (χ2n) is 6.39. The van der Waals surface area contributed by atoms with Crippen molar-refractivity contribution in [2.24, 2.45) is 0 Å². The van der Waals surface area contributed by atoms with E-state index in [9.17, 15) is 27.6 Å². The van der Waals surface area contributed by atoms with Crippen LogP contribution in [-0.4, -0.2) is 41.5 Å². The monoisotopic (exact) mass is 455 g/mol. The van der Waals surface area contributed by atoms with Gasteiger partial charge in [-0.2, -0.15) is 13.2 Å². The van der Waals surface area contributed by atoms with E-state index in [-0.39, 0.29) is 38.0 Å². The maximum absolute atomic E-state index is 13.1. The van der Waals surface area contributed by atoms with Crippen LogP contribution < -0.4 is 5.32 Å². The van der Waals surface area contributed by atoms with Gasteiger partial charge in [-0.05, 0) is 31.5 Å². The molecule has 0 aliphatic carbocycles. The Morgan fingerprint density at radius 3 is 2.32 bits per heavy atom. The summed E-state index contributed by atoms with van der Waals surface area (Å²) in [5.41, 5.74) is -0.597. The third-order valence-electron chi connectivity index (χ3n) is 4.47. The molecule has 0 fully saturated rings. The Kier molecular flexibility index (Phi) is 5.77. The number of carbonyl (C=O) groups excluding carboxylic acids is 3. The Labute approximate surface area is 177 Å². The number of aromatic nitrogens is 2. The summed E-state index contributed by atoms with van der Waals surface area (Å²) in [7, 11) is 2.30. The fourth-order valence-electron chi connectivity index (χ4n) is 3.00. The van der Waals surface area contributed by atoms with E-state index in [4.69, 9.17) is 4.74 Å². The number of esters is 2. The molecule has 3 aromatic rings. The molecule has 0 radical (unpaired) electrons. The van der Waals surface area contributed by atoms with Crippen molar-refractivity contribution in [3.05, 3.63) is 51.3 Å². The molecule has 0 aromatic carbocycles. The maximum Gasteiger partial charge on any atom is 0.417 e. The number of thiophene rings is 1. The highest BCUT2D eigenvalue weighted by Gasteiger charge is 2.32. The first-order chi connectivity index (χ1) is 14.5. The number of hydrogen-bond acceptors (Lipinski definition) is 7. The number of pyridine rings is 1. The summed E-state index contributed by atoms with van der Waals surface area (Å²) in [6.45, 7) is 2.95. The normalized spacial score (nSPS) is 11.5. The molecule has 12 heteroatoms. The first kappa shape index (κ1) is 22.3. The molecule has 0 unspecified atom stereocenters. The molecule has 164 valence electrons. The minimum Gasteiger partial charge on any atom is -0.465 e. The summed E-state index contributed by atoms with van der Waals surface area (Å²) in [6, 6.07) is 2.02. The standard InChI is InChI=1S/C19H16F3N3O5S/c1-8-12(17(27)29-3)16(31-14(8)18(28)30-4)24-15(26)13-9(2)23-11-6-5-10(7-25(11)13)19(20,21)22/h5-7H,1-4H3,(H,24,26). The van der Waals surface area contributed by atoms with Gasteiger partial charge in [0.25, 0.3) is 5.91 Å². The molecule has 0 aliphatic heterocycles. The van der Waals surface area contributed by atoms with E-state index in [0.717, 1.165) is 48.3 Å². The van der Waals surface area contributed by atoms with E-state index in [1.807, 2.05) is 0 Å². The van der Waals surface area contributed by atoms with Crippen molar-refractivity contribution in [3.63, 3.8) is 0 Å². The van der Waals surface area contributed by atoms with Crippen LogP contribution in [0.15, 0.2) is 18.3 Å². The maximum atomic E-state index is 13.1. The second-order valence-corrected chi connectivity index (χ2v) is 7.41. The molecule has 0 spiro atoms. The number of amides is 1. The molecular weight excluding hydrogens is 439 g/mol. The SMILES string of the molecule is COC(=O)c1sc(NC(=O)c2c(C)nc3ccc(C(F)(F)F)cn23)c(C(=O)OC)c1C. The van der Waals surface area contributed by atoms with Crippen molar-refractivity contribution in [1.29, 1.82) is 0 Å². The zero-order valence-corrected chi connectivity index (χ0v) is 17.5. The fourth-order valence-corrected chi connectivity index (χ4v) is 4.11. The average Bonchev–Trinajstić information content (AvgIpc) is 3.21. The molecule has 3 heterocycles. The molecule has 0 aliphatic rings. The van der Waals surface area contributed by atoms with Crippen LogP contribution in [0.4, 0.5) is 18.2 Å². The van der Waals surface area contributed by atoms with Crippen LogP contribution in [0.3, 0.4) is 0 Å². The van der Waals surface area contributed by atoms with E-state index in [0.29, 0.717) is 0 Å². The minimum absolute atomic E-state index is 0.00363. The fraction of sp³-hybridized carbons (Fsp3) is 0.263. The molecule has 1 amide bonds. The molecule has 0 bridgehead atoms. The lowest BCUT2D eigenvalue weighted by Gasteiger charge is -2.09. The van der Waals surface area contributed by atoms with Gasteiger partial charge < -0.3 is 14.8 Å². The first-order valence-electron chi connectivity index (χ1n) is 8.66. The number of nitrogens with one attached hydrogen (secondary N) is 1. The number of anilines is 1. The molecule has 0 saturated heterocycles. The van der Waals surface area contributed by atoms with Crippen LogP contribution in [0.5, 0.6) is 0 Å². The van der Waals surface area contributed by atoms with Crippen molar-refractivity contribution < 1.29 is 37.0 Å². The molecule has 0 saturated carbocycles. The van der Waals surface area contributed by atoms with Crippen LogP contribution in [0, 0.1) is 13.8 Å². The lowest BCUT2D eigenvalue weighted by Crippen LogP contribution is -2.17. The van der Waals surface area contributed by atoms with Gasteiger partial charge in [0, 0.05) is 6.20 Å².